The first-order valence-corrected chi connectivity index (χ1v) is 2.33. The van der Waals surface area contributed by atoms with Crippen LogP contribution in [0.2, 0.25) is 0 Å². The van der Waals surface area contributed by atoms with Gasteiger partial charge in [0, 0.05) is 11.9 Å². The molecule has 0 atom stereocenters. The summed E-state index contributed by atoms with van der Waals surface area (Å²) >= 11 is 0. The fourth-order valence-electron chi connectivity index (χ4n) is 0.402. The van der Waals surface area contributed by atoms with Gasteiger partial charge in [-0.2, -0.15) is 0 Å². The van der Waals surface area contributed by atoms with E-state index in [2.05, 4.69) is 9.97 Å². The number of hydrogen-bond acceptors (Lipinski definition) is 2. The van der Waals surface area contributed by atoms with Gasteiger partial charge in [-0.25, -0.2) is 9.97 Å². The third kappa shape index (κ3) is 0.859. The maximum absolute atomic E-state index is 5.39. The van der Waals surface area contributed by atoms with Gasteiger partial charge in [0.15, 0.2) is 0 Å². The molecule has 1 rings (SSSR count). The minimum absolute atomic E-state index is 0.646. The molecule has 0 saturated carbocycles. The molecule has 0 aliphatic carbocycles. The Morgan fingerprint density at radius 3 is 2.75 bits per heavy atom. The summed E-state index contributed by atoms with van der Waals surface area (Å²) in [6, 6.07) is 0. The highest BCUT2D eigenvalue weighted by Gasteiger charge is 1.86. The van der Waals surface area contributed by atoms with E-state index in [1.807, 2.05) is 6.92 Å². The molecule has 2 radical (unpaired) electrons. The lowest BCUT2D eigenvalue weighted by atomic mass is 9.97. The summed E-state index contributed by atoms with van der Waals surface area (Å²) in [6.45, 7) is 1.84. The van der Waals surface area contributed by atoms with E-state index in [4.69, 9.17) is 7.85 Å². The molecule has 0 aliphatic heterocycles. The van der Waals surface area contributed by atoms with Crippen LogP contribution in [-0.4, -0.2) is 17.8 Å². The van der Waals surface area contributed by atoms with Crippen molar-refractivity contribution >= 4 is 13.3 Å². The van der Waals surface area contributed by atoms with Gasteiger partial charge in [-0.15, -0.1) is 0 Å². The van der Waals surface area contributed by atoms with Gasteiger partial charge in [0.05, 0.1) is 0 Å². The molecule has 38 valence electrons. The van der Waals surface area contributed by atoms with Crippen LogP contribution in [0.15, 0.2) is 12.5 Å². The Morgan fingerprint density at radius 1 is 1.62 bits per heavy atom. The lowest BCUT2D eigenvalue weighted by Gasteiger charge is -1.92. The van der Waals surface area contributed by atoms with Gasteiger partial charge < -0.3 is 0 Å². The average Bonchev–Trinajstić information content (AvgIpc) is 1.77. The first-order chi connectivity index (χ1) is 3.80. The molecule has 0 aromatic carbocycles. The number of nitrogens with zero attached hydrogens (tertiary/aromatic N) is 2. The van der Waals surface area contributed by atoms with E-state index in [0.29, 0.717) is 5.46 Å². The summed E-state index contributed by atoms with van der Waals surface area (Å²) in [5.74, 6) is 0. The van der Waals surface area contributed by atoms with Crippen LogP contribution in [0.1, 0.15) is 5.69 Å². The molecule has 0 saturated heterocycles. The lowest BCUT2D eigenvalue weighted by Crippen LogP contribution is -2.08. The Labute approximate surface area is 49.4 Å². The van der Waals surface area contributed by atoms with Gasteiger partial charge in [-0.05, 0) is 6.92 Å². The van der Waals surface area contributed by atoms with Crippen LogP contribution >= 0.6 is 0 Å². The van der Waals surface area contributed by atoms with Gasteiger partial charge in [-0.1, -0.05) is 5.46 Å². The first kappa shape index (κ1) is 5.28. The molecule has 0 N–H and O–H groups in total. The fourth-order valence-corrected chi connectivity index (χ4v) is 0.402. The summed E-state index contributed by atoms with van der Waals surface area (Å²) in [5, 5.41) is 0. The van der Waals surface area contributed by atoms with Crippen molar-refractivity contribution in [2.45, 2.75) is 6.92 Å². The van der Waals surface area contributed by atoms with Crippen LogP contribution in [0.25, 0.3) is 0 Å². The molecular weight excluding hydrogens is 98.9 g/mol. The zero-order valence-electron chi connectivity index (χ0n) is 4.63. The number of aryl methyl sites for hydroxylation is 1. The third-order valence-corrected chi connectivity index (χ3v) is 0.949. The molecule has 0 bridgehead atoms. The van der Waals surface area contributed by atoms with Crippen molar-refractivity contribution in [3.63, 3.8) is 0 Å². The normalized spacial score (nSPS) is 9.12. The molecule has 0 aliphatic rings. The van der Waals surface area contributed by atoms with Crippen molar-refractivity contribution in [2.75, 3.05) is 0 Å². The van der Waals surface area contributed by atoms with Crippen molar-refractivity contribution in [3.05, 3.63) is 18.2 Å². The van der Waals surface area contributed by atoms with E-state index in [0.717, 1.165) is 5.69 Å². The summed E-state index contributed by atoms with van der Waals surface area (Å²) in [6.07, 6.45) is 3.06. The Balaban J connectivity index is 3.13. The van der Waals surface area contributed by atoms with E-state index >= 15 is 0 Å². The maximum Gasteiger partial charge on any atom is 0.118 e. The standard InChI is InChI=1S/C5H5BN2/c1-4-5(6)2-7-3-8-4/h2-3H,1H3. The molecule has 1 heterocycles. The molecule has 0 amide bonds. The minimum atomic E-state index is 0.646. The number of rotatable bonds is 0. The number of aromatic nitrogens is 2. The van der Waals surface area contributed by atoms with Crippen LogP contribution in [0.5, 0.6) is 0 Å². The first-order valence-electron chi connectivity index (χ1n) is 2.33. The average molecular weight is 104 g/mol. The molecule has 1 aromatic heterocycles. The Morgan fingerprint density at radius 2 is 2.38 bits per heavy atom. The van der Waals surface area contributed by atoms with Crippen molar-refractivity contribution < 1.29 is 0 Å². The SMILES string of the molecule is [B]c1cncnc1C. The fraction of sp³-hybridized carbons (Fsp3) is 0.200. The van der Waals surface area contributed by atoms with E-state index in [1.165, 1.54) is 6.33 Å². The zero-order chi connectivity index (χ0) is 5.98. The van der Waals surface area contributed by atoms with Crippen molar-refractivity contribution in [2.24, 2.45) is 0 Å². The summed E-state index contributed by atoms with van der Waals surface area (Å²) in [7, 11) is 5.39. The zero-order valence-corrected chi connectivity index (χ0v) is 4.63. The molecular formula is C5H5BN2. The second-order valence-electron chi connectivity index (χ2n) is 1.56. The van der Waals surface area contributed by atoms with Crippen LogP contribution in [0, 0.1) is 6.92 Å². The molecule has 0 spiro atoms. The lowest BCUT2D eigenvalue weighted by molar-refractivity contribution is 1.12. The topological polar surface area (TPSA) is 25.8 Å². The summed E-state index contributed by atoms with van der Waals surface area (Å²) < 4.78 is 0. The number of hydrogen-bond donors (Lipinski definition) is 0. The smallest absolute Gasteiger partial charge is 0.118 e. The van der Waals surface area contributed by atoms with Gasteiger partial charge in [0.25, 0.3) is 0 Å². The highest BCUT2D eigenvalue weighted by molar-refractivity contribution is 6.32. The third-order valence-electron chi connectivity index (χ3n) is 0.949. The molecule has 0 unspecified atom stereocenters. The monoisotopic (exact) mass is 104 g/mol. The molecule has 3 heteroatoms. The predicted molar refractivity (Wildman–Crippen MR) is 32.2 cm³/mol. The van der Waals surface area contributed by atoms with Gasteiger partial charge in [-0.3, -0.25) is 0 Å². The van der Waals surface area contributed by atoms with Crippen LogP contribution in [-0.2, 0) is 0 Å². The summed E-state index contributed by atoms with van der Waals surface area (Å²) in [4.78, 5) is 7.55. The van der Waals surface area contributed by atoms with Crippen molar-refractivity contribution in [1.29, 1.82) is 0 Å². The molecule has 0 fully saturated rings. The van der Waals surface area contributed by atoms with E-state index in [-0.39, 0.29) is 0 Å². The second-order valence-corrected chi connectivity index (χ2v) is 1.56. The minimum Gasteiger partial charge on any atom is -0.245 e. The van der Waals surface area contributed by atoms with E-state index in [1.54, 1.807) is 6.20 Å². The van der Waals surface area contributed by atoms with Gasteiger partial charge >= 0.3 is 0 Å². The predicted octanol–water partition coefficient (Wildman–Crippen LogP) is -0.421. The van der Waals surface area contributed by atoms with Gasteiger partial charge in [0.2, 0.25) is 0 Å². The van der Waals surface area contributed by atoms with Crippen LogP contribution in [0.3, 0.4) is 0 Å². The quantitative estimate of drug-likeness (QED) is 0.417. The van der Waals surface area contributed by atoms with E-state index in [9.17, 15) is 0 Å². The van der Waals surface area contributed by atoms with Gasteiger partial charge in [0.1, 0.15) is 14.2 Å². The highest BCUT2D eigenvalue weighted by atomic mass is 14.8. The molecule has 8 heavy (non-hydrogen) atoms. The van der Waals surface area contributed by atoms with Crippen molar-refractivity contribution in [3.8, 4) is 0 Å². The Hall–Kier alpha value is -0.855. The molecule has 1 aromatic rings. The van der Waals surface area contributed by atoms with Crippen LogP contribution in [0.4, 0.5) is 0 Å². The maximum atomic E-state index is 5.39. The molecule has 2 nitrogen and oxygen atoms in total. The van der Waals surface area contributed by atoms with Crippen molar-refractivity contribution in [1.82, 2.24) is 9.97 Å². The Kier molecular flexibility index (Phi) is 1.28. The van der Waals surface area contributed by atoms with E-state index < -0.39 is 0 Å². The summed E-state index contributed by atoms with van der Waals surface area (Å²) in [5.41, 5.74) is 1.48. The Bertz CT molecular complexity index is 167. The second kappa shape index (κ2) is 1.94. The van der Waals surface area contributed by atoms with Crippen LogP contribution < -0.4 is 5.46 Å². The largest absolute Gasteiger partial charge is 0.245 e. The highest BCUT2D eigenvalue weighted by Crippen LogP contribution is 1.77.